The lowest BCUT2D eigenvalue weighted by Gasteiger charge is -2.27. The third-order valence-corrected chi connectivity index (χ3v) is 15.9. The van der Waals surface area contributed by atoms with Crippen molar-refractivity contribution in [1.82, 2.24) is 4.98 Å². The van der Waals surface area contributed by atoms with Gasteiger partial charge in [0.05, 0.1) is 67.9 Å². The lowest BCUT2D eigenvalue weighted by atomic mass is 9.82. The molecule has 1 N–H and O–H groups in total. The van der Waals surface area contributed by atoms with Crippen LogP contribution in [-0.4, -0.2) is 93.0 Å². The highest BCUT2D eigenvalue weighted by Crippen LogP contribution is 2.35. The van der Waals surface area contributed by atoms with Gasteiger partial charge < -0.3 is 43.3 Å². The summed E-state index contributed by atoms with van der Waals surface area (Å²) in [6, 6.07) is 27.5. The van der Waals surface area contributed by atoms with Gasteiger partial charge >= 0.3 is 23.9 Å². The van der Waals surface area contributed by atoms with Gasteiger partial charge in [0.15, 0.2) is 11.5 Å². The minimum atomic E-state index is -0.402. The Balaban J connectivity index is 0.867. The van der Waals surface area contributed by atoms with Gasteiger partial charge in [-0.05, 0) is 206 Å². The summed E-state index contributed by atoms with van der Waals surface area (Å²) in [5, 5.41) is 16.9. The largest absolute Gasteiger partial charge is 0.494 e. The van der Waals surface area contributed by atoms with Gasteiger partial charge in [0.25, 0.3) is 0 Å². The van der Waals surface area contributed by atoms with Gasteiger partial charge in [0.1, 0.15) is 23.0 Å². The summed E-state index contributed by atoms with van der Waals surface area (Å²) in [7, 11) is 0. The Kier molecular flexibility index (Phi) is 28.5. The molecule has 0 saturated heterocycles. The van der Waals surface area contributed by atoms with Crippen LogP contribution in [0.1, 0.15) is 134 Å². The summed E-state index contributed by atoms with van der Waals surface area (Å²) >= 11 is 1.55. The molecule has 18 nitrogen and oxygen atoms in total. The van der Waals surface area contributed by atoms with E-state index in [4.69, 9.17) is 58.1 Å². The smallest absolute Gasteiger partial charge is 0.330 e. The molecule has 85 heavy (non-hydrogen) atoms. The van der Waals surface area contributed by atoms with E-state index < -0.39 is 11.9 Å². The Bertz CT molecular complexity index is 2810. The highest BCUT2D eigenvalue weighted by atomic mass is 32.1. The number of aliphatic hydroxyl groups excluding tert-OH is 1. The Hall–Kier alpha value is -7.32. The molecular weight excluding hydrogens is 1110 g/mol. The number of aliphatic hydroxyl groups is 1. The summed E-state index contributed by atoms with van der Waals surface area (Å²) in [5.74, 6) is 1.73. The van der Waals surface area contributed by atoms with E-state index >= 15 is 0 Å². The van der Waals surface area contributed by atoms with Gasteiger partial charge in [-0.2, -0.15) is 14.9 Å². The zero-order valence-corrected chi connectivity index (χ0v) is 49.6. The van der Waals surface area contributed by atoms with Crippen molar-refractivity contribution in [2.24, 2.45) is 28.8 Å². The molecule has 1 aromatic heterocycles. The minimum absolute atomic E-state index is 0.156. The molecule has 0 amide bonds. The normalized spacial score (nSPS) is 16.7. The number of para-hydroxylation sites is 1. The number of benzene rings is 4. The number of nitrogens with zero attached hydrogens (tertiary/aromatic N) is 3. The minimum Gasteiger partial charge on any atom is -0.494 e. The van der Waals surface area contributed by atoms with Crippen LogP contribution in [0.2, 0.25) is 0 Å². The zero-order valence-electron chi connectivity index (χ0n) is 48.8. The van der Waals surface area contributed by atoms with Crippen LogP contribution in [0, 0.1) is 23.7 Å². The van der Waals surface area contributed by atoms with E-state index in [2.05, 4.69) is 13.2 Å². The topological polar surface area (TPSA) is 209 Å². The van der Waals surface area contributed by atoms with E-state index in [0.29, 0.717) is 106 Å². The molecule has 4 aromatic carbocycles. The van der Waals surface area contributed by atoms with E-state index in [1.54, 1.807) is 72.1 Å². The molecule has 5 aromatic rings. The molecule has 0 spiro atoms. The number of rotatable bonds is 39. The maximum atomic E-state index is 13.7. The molecule has 2 fully saturated rings. The average molecular weight is 1190 g/mol. The molecule has 2 aliphatic rings. The number of carbonyl (C=O) groups is 4. The van der Waals surface area contributed by atoms with Gasteiger partial charge in [-0.3, -0.25) is 9.59 Å². The SMILES string of the molecule is C=CC(=O)OCCCCCCOc1ccc(OOCC2CCC(C(=O)Oc3ccc(OOCC4CCC(C(=O)Oc5ccc(OCCCCCCOC(=O)C=C)cc5)CC4)c(/C=N/N(CCCCCCO)c4nc5ccccc5s4)c3)CC2)cc1. The predicted molar refractivity (Wildman–Crippen MR) is 325 cm³/mol. The van der Waals surface area contributed by atoms with Crippen LogP contribution in [0.15, 0.2) is 121 Å². The third-order valence-electron chi connectivity index (χ3n) is 14.9. The second-order valence-corrected chi connectivity index (χ2v) is 22.4. The number of hydrogen-bond donors (Lipinski definition) is 1. The number of ether oxygens (including phenoxy) is 6. The summed E-state index contributed by atoms with van der Waals surface area (Å²) in [6.07, 6.45) is 20.2. The van der Waals surface area contributed by atoms with E-state index in [-0.39, 0.29) is 42.2 Å². The standard InChI is InChI=1S/C66H83N3O15S/c1-3-62(71)77-43-17-9-7-15-41-75-54-29-33-56(34-30-54)81-64(73)51-25-23-50(24-26-51)48-80-84-60-38-37-58(45-53(60)46-67-69(39-13-5-6-14-40-70)66-68-59-19-11-12-20-61(59)85-66)82-65(74)52-27-21-49(22-28-52)47-79-83-57-35-31-55(32-36-57)76-42-16-8-10-18-44-78-63(72)4-2/h3-4,11-12,19-20,29-38,45-46,49-52,70H,1-2,5-10,13-18,21-28,39-44,47-48H2/b67-46+. The van der Waals surface area contributed by atoms with Gasteiger partial charge in [-0.25, -0.2) is 19.6 Å². The van der Waals surface area contributed by atoms with Gasteiger partial charge in [-0.15, -0.1) is 0 Å². The first kappa shape index (κ1) is 65.2. The maximum Gasteiger partial charge on any atom is 0.330 e. The molecule has 458 valence electrons. The molecule has 2 aliphatic carbocycles. The van der Waals surface area contributed by atoms with E-state index in [0.717, 1.165) is 130 Å². The van der Waals surface area contributed by atoms with Crippen LogP contribution in [0.4, 0.5) is 5.13 Å². The molecule has 0 aliphatic heterocycles. The summed E-state index contributed by atoms with van der Waals surface area (Å²) in [5.41, 5.74) is 1.42. The molecule has 0 radical (unpaired) electrons. The number of hydrazone groups is 1. The fraction of sp³-hybridized carbons (Fsp3) is 0.485. The van der Waals surface area contributed by atoms with Crippen molar-refractivity contribution in [2.45, 2.75) is 128 Å². The number of thiazole rings is 1. The Morgan fingerprint density at radius 2 is 1.06 bits per heavy atom. The van der Waals surface area contributed by atoms with Crippen LogP contribution in [0.3, 0.4) is 0 Å². The van der Waals surface area contributed by atoms with Gasteiger partial charge in [0.2, 0.25) is 5.13 Å². The van der Waals surface area contributed by atoms with Crippen molar-refractivity contribution >= 4 is 56.8 Å². The second kappa shape index (κ2) is 37.2. The van der Waals surface area contributed by atoms with E-state index in [1.165, 1.54) is 6.08 Å². The fourth-order valence-corrected chi connectivity index (χ4v) is 10.8. The number of aromatic nitrogens is 1. The molecule has 0 atom stereocenters. The van der Waals surface area contributed by atoms with Crippen LogP contribution in [-0.2, 0) is 38.4 Å². The lowest BCUT2D eigenvalue weighted by Crippen LogP contribution is -2.27. The highest BCUT2D eigenvalue weighted by Gasteiger charge is 2.30. The first-order valence-corrected chi connectivity index (χ1v) is 31.0. The highest BCUT2D eigenvalue weighted by molar-refractivity contribution is 7.22. The van der Waals surface area contributed by atoms with Crippen molar-refractivity contribution < 1.29 is 72.3 Å². The quantitative estimate of drug-likeness (QED) is 0.00737. The van der Waals surface area contributed by atoms with E-state index in [9.17, 15) is 24.3 Å². The molecule has 7 rings (SSSR count). The zero-order chi connectivity index (χ0) is 59.7. The van der Waals surface area contributed by atoms with Crippen LogP contribution >= 0.6 is 11.3 Å². The van der Waals surface area contributed by atoms with Crippen molar-refractivity contribution in [1.29, 1.82) is 0 Å². The second-order valence-electron chi connectivity index (χ2n) is 21.4. The first-order valence-electron chi connectivity index (χ1n) is 30.1. The maximum absolute atomic E-state index is 13.7. The monoisotopic (exact) mass is 1190 g/mol. The summed E-state index contributed by atoms with van der Waals surface area (Å²) in [4.78, 5) is 77.3. The third kappa shape index (κ3) is 23.6. The molecule has 0 unspecified atom stereocenters. The van der Waals surface area contributed by atoms with Gasteiger partial charge in [-0.1, -0.05) is 49.5 Å². The predicted octanol–water partition coefficient (Wildman–Crippen LogP) is 13.5. The van der Waals surface area contributed by atoms with Crippen molar-refractivity contribution in [3.05, 3.63) is 122 Å². The van der Waals surface area contributed by atoms with E-state index in [1.807, 2.05) is 41.4 Å². The summed E-state index contributed by atoms with van der Waals surface area (Å²) < 4.78 is 34.6. The first-order chi connectivity index (χ1) is 41.7. The molecule has 1 heterocycles. The number of fused-ring (bicyclic) bond motifs is 1. The molecule has 0 bridgehead atoms. The number of anilines is 1. The fourth-order valence-electron chi connectivity index (χ4n) is 9.87. The number of esters is 4. The Morgan fingerprint density at radius 1 is 0.565 bits per heavy atom. The Morgan fingerprint density at radius 3 is 1.62 bits per heavy atom. The summed E-state index contributed by atoms with van der Waals surface area (Å²) in [6.45, 7) is 10.2. The lowest BCUT2D eigenvalue weighted by molar-refractivity contribution is -0.218. The number of unbranched alkanes of at least 4 members (excludes halogenated alkanes) is 9. The number of hydrogen-bond acceptors (Lipinski definition) is 19. The van der Waals surface area contributed by atoms with Crippen LogP contribution < -0.4 is 33.7 Å². The van der Waals surface area contributed by atoms with Crippen molar-refractivity contribution in [3.63, 3.8) is 0 Å². The van der Waals surface area contributed by atoms with Gasteiger partial charge in [0, 0.05) is 30.9 Å². The molecule has 2 saturated carbocycles. The van der Waals surface area contributed by atoms with Crippen LogP contribution in [0.25, 0.3) is 10.2 Å². The molecular formula is C66H83N3O15S. The Labute approximate surface area is 503 Å². The number of carbonyl (C=O) groups excluding carboxylic acids is 4. The average Bonchev–Trinajstić information content (AvgIpc) is 4.25. The van der Waals surface area contributed by atoms with Crippen molar-refractivity contribution in [2.75, 3.05) is 57.8 Å². The molecule has 19 heteroatoms. The van der Waals surface area contributed by atoms with Crippen LogP contribution in [0.5, 0.6) is 34.5 Å². The van der Waals surface area contributed by atoms with Crippen molar-refractivity contribution in [3.8, 4) is 34.5 Å².